The number of para-hydroxylation sites is 1. The van der Waals surface area contributed by atoms with Crippen molar-refractivity contribution < 1.29 is 9.53 Å². The number of fused-ring (bicyclic) bond motifs is 1. The van der Waals surface area contributed by atoms with Crippen LogP contribution in [0, 0.1) is 0 Å². The molecular formula is C12H10ClNO2. The second-order valence-corrected chi connectivity index (χ2v) is 3.68. The van der Waals surface area contributed by atoms with Crippen molar-refractivity contribution in [2.45, 2.75) is 0 Å². The molecule has 1 aromatic heterocycles. The van der Waals surface area contributed by atoms with E-state index in [9.17, 15) is 4.79 Å². The average Bonchev–Trinajstić information content (AvgIpc) is 2.72. The number of methoxy groups -OCH3 is 1. The fourth-order valence-corrected chi connectivity index (χ4v) is 1.70. The number of ether oxygens (including phenoxy) is 1. The Labute approximate surface area is 97.7 Å². The molecule has 0 saturated carbocycles. The Morgan fingerprint density at radius 1 is 1.44 bits per heavy atom. The molecule has 1 aromatic carbocycles. The van der Waals surface area contributed by atoms with E-state index in [2.05, 4.69) is 9.72 Å². The third-order valence-electron chi connectivity index (χ3n) is 2.28. The summed E-state index contributed by atoms with van der Waals surface area (Å²) in [6.07, 6.45) is 3.39. The lowest BCUT2D eigenvalue weighted by Crippen LogP contribution is -1.98. The van der Waals surface area contributed by atoms with Crippen molar-refractivity contribution in [3.8, 4) is 0 Å². The van der Waals surface area contributed by atoms with Gasteiger partial charge in [0.2, 0.25) is 0 Å². The van der Waals surface area contributed by atoms with Gasteiger partial charge in [-0.15, -0.1) is 0 Å². The van der Waals surface area contributed by atoms with Crippen molar-refractivity contribution in [1.82, 2.24) is 4.98 Å². The van der Waals surface area contributed by atoms with Gasteiger partial charge in [-0.1, -0.05) is 29.8 Å². The maximum Gasteiger partial charge on any atom is 0.349 e. The number of carbonyl (C=O) groups is 1. The summed E-state index contributed by atoms with van der Waals surface area (Å²) in [6, 6.07) is 7.78. The lowest BCUT2D eigenvalue weighted by molar-refractivity contribution is -0.135. The zero-order valence-corrected chi connectivity index (χ0v) is 9.41. The molecule has 0 amide bonds. The van der Waals surface area contributed by atoms with Crippen LogP contribution in [0.4, 0.5) is 0 Å². The van der Waals surface area contributed by atoms with Gasteiger partial charge in [-0.3, -0.25) is 0 Å². The monoisotopic (exact) mass is 235 g/mol. The molecule has 2 aromatic rings. The van der Waals surface area contributed by atoms with E-state index in [0.29, 0.717) is 0 Å². The molecule has 1 heterocycles. The first-order chi connectivity index (χ1) is 7.72. The number of hydrogen-bond donors (Lipinski definition) is 1. The molecule has 0 spiro atoms. The number of benzene rings is 1. The summed E-state index contributed by atoms with van der Waals surface area (Å²) in [6.45, 7) is 0. The van der Waals surface area contributed by atoms with Crippen LogP contribution >= 0.6 is 11.6 Å². The van der Waals surface area contributed by atoms with Crippen LogP contribution < -0.4 is 0 Å². The van der Waals surface area contributed by atoms with Crippen LogP contribution in [0.2, 0.25) is 0 Å². The molecule has 0 fully saturated rings. The number of carbonyl (C=O) groups excluding carboxylic acids is 1. The van der Waals surface area contributed by atoms with Gasteiger partial charge in [-0.2, -0.15) is 0 Å². The molecule has 0 saturated heterocycles. The highest BCUT2D eigenvalue weighted by Crippen LogP contribution is 2.21. The highest BCUT2D eigenvalue weighted by atomic mass is 35.5. The number of rotatable bonds is 2. The van der Waals surface area contributed by atoms with E-state index >= 15 is 0 Å². The Bertz CT molecular complexity index is 557. The van der Waals surface area contributed by atoms with Crippen LogP contribution in [0.1, 0.15) is 5.56 Å². The van der Waals surface area contributed by atoms with Crippen molar-refractivity contribution in [2.24, 2.45) is 0 Å². The van der Waals surface area contributed by atoms with E-state index in [-0.39, 0.29) is 5.03 Å². The number of halogens is 1. The molecule has 0 unspecified atom stereocenters. The SMILES string of the molecule is COC(=O)C(Cl)=Cc1c[nH]c2ccccc12. The van der Waals surface area contributed by atoms with Gasteiger partial charge in [0.25, 0.3) is 0 Å². The summed E-state index contributed by atoms with van der Waals surface area (Å²) in [4.78, 5) is 14.2. The Balaban J connectivity index is 2.45. The number of esters is 1. The van der Waals surface area contributed by atoms with Crippen LogP contribution in [0.25, 0.3) is 17.0 Å². The molecule has 4 heteroatoms. The predicted octanol–water partition coefficient (Wildman–Crippen LogP) is 2.92. The molecule has 2 rings (SSSR count). The van der Waals surface area contributed by atoms with Gasteiger partial charge in [0.15, 0.2) is 0 Å². The molecular weight excluding hydrogens is 226 g/mol. The summed E-state index contributed by atoms with van der Waals surface area (Å²) in [5, 5.41) is 1.08. The Morgan fingerprint density at radius 3 is 2.94 bits per heavy atom. The van der Waals surface area contributed by atoms with E-state index in [0.717, 1.165) is 16.5 Å². The van der Waals surface area contributed by atoms with Gasteiger partial charge in [0, 0.05) is 22.7 Å². The van der Waals surface area contributed by atoms with E-state index in [1.807, 2.05) is 24.3 Å². The molecule has 0 aliphatic heterocycles. The van der Waals surface area contributed by atoms with E-state index in [1.54, 1.807) is 12.3 Å². The van der Waals surface area contributed by atoms with Crippen LogP contribution in [0.15, 0.2) is 35.5 Å². The van der Waals surface area contributed by atoms with E-state index < -0.39 is 5.97 Å². The fraction of sp³-hybridized carbons (Fsp3) is 0.0833. The van der Waals surface area contributed by atoms with Crippen LogP contribution in [0.5, 0.6) is 0 Å². The first-order valence-electron chi connectivity index (χ1n) is 4.74. The standard InChI is InChI=1S/C12H10ClNO2/c1-16-12(15)10(13)6-8-7-14-11-5-3-2-4-9(8)11/h2-7,14H,1H3. The second-order valence-electron chi connectivity index (χ2n) is 3.27. The van der Waals surface area contributed by atoms with Crippen LogP contribution in [-0.2, 0) is 9.53 Å². The molecule has 0 bridgehead atoms. The normalized spacial score (nSPS) is 11.8. The second kappa shape index (κ2) is 4.41. The van der Waals surface area contributed by atoms with E-state index in [1.165, 1.54) is 7.11 Å². The third kappa shape index (κ3) is 1.95. The highest BCUT2D eigenvalue weighted by Gasteiger charge is 2.07. The molecule has 1 N–H and O–H groups in total. The van der Waals surface area contributed by atoms with Gasteiger partial charge in [-0.25, -0.2) is 4.79 Å². The van der Waals surface area contributed by atoms with Gasteiger partial charge in [0.05, 0.1) is 7.11 Å². The van der Waals surface area contributed by atoms with Crippen molar-refractivity contribution in [3.63, 3.8) is 0 Å². The molecule has 82 valence electrons. The minimum Gasteiger partial charge on any atom is -0.465 e. The number of hydrogen-bond acceptors (Lipinski definition) is 2. The molecule has 0 aliphatic carbocycles. The van der Waals surface area contributed by atoms with Crippen LogP contribution in [-0.4, -0.2) is 18.1 Å². The van der Waals surface area contributed by atoms with Gasteiger partial charge in [-0.05, 0) is 12.1 Å². The van der Waals surface area contributed by atoms with Crippen molar-refractivity contribution in [3.05, 3.63) is 41.1 Å². The third-order valence-corrected chi connectivity index (χ3v) is 2.55. The van der Waals surface area contributed by atoms with E-state index in [4.69, 9.17) is 11.6 Å². The number of aromatic amines is 1. The topological polar surface area (TPSA) is 42.1 Å². The quantitative estimate of drug-likeness (QED) is 0.642. The Kier molecular flexibility index (Phi) is 2.97. The zero-order chi connectivity index (χ0) is 11.5. The Morgan fingerprint density at radius 2 is 2.19 bits per heavy atom. The summed E-state index contributed by atoms with van der Waals surface area (Å²) in [7, 11) is 1.30. The average molecular weight is 236 g/mol. The van der Waals surface area contributed by atoms with Crippen LogP contribution in [0.3, 0.4) is 0 Å². The first kappa shape index (κ1) is 10.8. The first-order valence-corrected chi connectivity index (χ1v) is 5.12. The van der Waals surface area contributed by atoms with Crippen molar-refractivity contribution in [1.29, 1.82) is 0 Å². The summed E-state index contributed by atoms with van der Waals surface area (Å²) >= 11 is 5.80. The molecule has 3 nitrogen and oxygen atoms in total. The smallest absolute Gasteiger partial charge is 0.349 e. The van der Waals surface area contributed by atoms with Gasteiger partial charge in [0.1, 0.15) is 5.03 Å². The lowest BCUT2D eigenvalue weighted by atomic mass is 10.1. The van der Waals surface area contributed by atoms with Gasteiger partial charge < -0.3 is 9.72 Å². The fourth-order valence-electron chi connectivity index (χ4n) is 1.51. The minimum absolute atomic E-state index is 0.0623. The molecule has 16 heavy (non-hydrogen) atoms. The van der Waals surface area contributed by atoms with Crippen molar-refractivity contribution in [2.75, 3.05) is 7.11 Å². The molecule has 0 aliphatic rings. The maximum absolute atomic E-state index is 11.1. The summed E-state index contributed by atoms with van der Waals surface area (Å²) in [5.74, 6) is -0.535. The van der Waals surface area contributed by atoms with Crippen molar-refractivity contribution >= 4 is 34.5 Å². The number of aromatic nitrogens is 1. The molecule has 0 radical (unpaired) electrons. The minimum atomic E-state index is -0.535. The summed E-state index contributed by atoms with van der Waals surface area (Å²) in [5.41, 5.74) is 1.87. The van der Waals surface area contributed by atoms with Gasteiger partial charge >= 0.3 is 5.97 Å². The maximum atomic E-state index is 11.1. The lowest BCUT2D eigenvalue weighted by Gasteiger charge is -1.96. The largest absolute Gasteiger partial charge is 0.465 e. The number of nitrogens with one attached hydrogen (secondary N) is 1. The Hall–Kier alpha value is -1.74. The zero-order valence-electron chi connectivity index (χ0n) is 8.66. The number of H-pyrrole nitrogens is 1. The predicted molar refractivity (Wildman–Crippen MR) is 64.1 cm³/mol. The molecule has 0 atom stereocenters. The highest BCUT2D eigenvalue weighted by molar-refractivity contribution is 6.43. The summed E-state index contributed by atoms with van der Waals surface area (Å²) < 4.78 is 4.52.